The molecule has 0 bridgehead atoms. The fourth-order valence-electron chi connectivity index (χ4n) is 4.79. The Morgan fingerprint density at radius 1 is 1.15 bits per heavy atom. The van der Waals surface area contributed by atoms with Gasteiger partial charge in [0.2, 0.25) is 0 Å². The number of thiophene rings is 1. The lowest BCUT2D eigenvalue weighted by Gasteiger charge is -2.29. The average molecular weight is 562 g/mol. The number of carbonyl (C=O) groups is 1. The number of hydrogen-bond donors (Lipinski definition) is 1. The molecule has 4 aromatic rings. The molecule has 1 aliphatic heterocycles. The summed E-state index contributed by atoms with van der Waals surface area (Å²) >= 11 is 3.00. The third-order valence-electron chi connectivity index (χ3n) is 6.96. The Morgan fingerprint density at radius 2 is 1.92 bits per heavy atom. The van der Waals surface area contributed by atoms with Crippen molar-refractivity contribution in [2.24, 2.45) is 0 Å². The molecule has 8 heteroatoms. The molecule has 39 heavy (non-hydrogen) atoms. The molecule has 0 unspecified atom stereocenters. The first-order chi connectivity index (χ1) is 18.8. The zero-order valence-corrected chi connectivity index (χ0v) is 24.4. The molecule has 2 aromatic carbocycles. The van der Waals surface area contributed by atoms with Gasteiger partial charge in [0.15, 0.2) is 10.9 Å². The molecule has 0 fully saturated rings. The molecule has 5 rings (SSSR count). The minimum Gasteiger partial charge on any atom is -0.378 e. The fourth-order valence-corrected chi connectivity index (χ4v) is 6.93. The summed E-state index contributed by atoms with van der Waals surface area (Å²) in [6.07, 6.45) is 4.52. The highest BCUT2D eigenvalue weighted by molar-refractivity contribution is 7.99. The summed E-state index contributed by atoms with van der Waals surface area (Å²) in [4.78, 5) is 33.4. The lowest BCUT2D eigenvalue weighted by atomic mass is 9.94. The number of fused-ring (bicyclic) bond motifs is 3. The molecule has 0 aliphatic carbocycles. The Kier molecular flexibility index (Phi) is 8.54. The molecule has 0 saturated carbocycles. The Bertz CT molecular complexity index is 1510. The van der Waals surface area contributed by atoms with Gasteiger partial charge in [-0.25, -0.2) is 4.98 Å². The summed E-state index contributed by atoms with van der Waals surface area (Å²) in [5.74, 6) is 0.667. The van der Waals surface area contributed by atoms with Gasteiger partial charge in [-0.3, -0.25) is 14.2 Å². The first-order valence-electron chi connectivity index (χ1n) is 13.6. The Hall–Kier alpha value is -2.94. The van der Waals surface area contributed by atoms with Crippen LogP contribution in [0.3, 0.4) is 0 Å². The van der Waals surface area contributed by atoms with Crippen LogP contribution < -0.4 is 10.9 Å². The number of rotatable bonds is 11. The standard InChI is InChI=1S/C31H35N3O3S2/c1-4-5-9-21-12-14-22(15-13-21)32-19-24(35)16-17-38-30-33-28-27(25-18-31(2,3)37-20-26(25)39-28)29(36)34(30)23-10-7-6-8-11-23/h6-8,10-15,32H,4-5,9,16-20H2,1-3H3. The van der Waals surface area contributed by atoms with Gasteiger partial charge < -0.3 is 10.1 Å². The molecule has 1 N–H and O–H groups in total. The van der Waals surface area contributed by atoms with Crippen LogP contribution in [0.1, 0.15) is 56.0 Å². The normalized spacial score (nSPS) is 14.3. The predicted octanol–water partition coefficient (Wildman–Crippen LogP) is 6.80. The number of para-hydroxylation sites is 1. The van der Waals surface area contributed by atoms with Crippen molar-refractivity contribution in [1.29, 1.82) is 0 Å². The Morgan fingerprint density at radius 3 is 2.67 bits per heavy atom. The molecular formula is C31H35N3O3S2. The molecule has 0 amide bonds. The number of carbonyl (C=O) groups excluding carboxylic acids is 1. The highest BCUT2D eigenvalue weighted by atomic mass is 32.2. The summed E-state index contributed by atoms with van der Waals surface area (Å²) in [5.41, 5.74) is 3.74. The molecule has 3 heterocycles. The first-order valence-corrected chi connectivity index (χ1v) is 15.4. The van der Waals surface area contributed by atoms with Crippen LogP contribution in [0.5, 0.6) is 0 Å². The zero-order chi connectivity index (χ0) is 27.4. The van der Waals surface area contributed by atoms with Crippen molar-refractivity contribution < 1.29 is 9.53 Å². The average Bonchev–Trinajstić information content (AvgIpc) is 3.28. The van der Waals surface area contributed by atoms with Gasteiger partial charge in [-0.1, -0.05) is 55.4 Å². The van der Waals surface area contributed by atoms with E-state index in [-0.39, 0.29) is 23.5 Å². The van der Waals surface area contributed by atoms with Crippen molar-refractivity contribution >= 4 is 44.8 Å². The van der Waals surface area contributed by atoms with E-state index in [9.17, 15) is 9.59 Å². The molecule has 0 saturated heterocycles. The van der Waals surface area contributed by atoms with Crippen LogP contribution in [0.2, 0.25) is 0 Å². The van der Waals surface area contributed by atoms with Crippen LogP contribution in [-0.2, 0) is 29.0 Å². The Balaban J connectivity index is 1.30. The van der Waals surface area contributed by atoms with Gasteiger partial charge in [-0.05, 0) is 62.1 Å². The lowest BCUT2D eigenvalue weighted by Crippen LogP contribution is -2.32. The number of benzene rings is 2. The van der Waals surface area contributed by atoms with E-state index in [1.165, 1.54) is 30.2 Å². The molecule has 204 valence electrons. The molecule has 1 aliphatic rings. The first kappa shape index (κ1) is 27.6. The number of nitrogens with zero attached hydrogens (tertiary/aromatic N) is 2. The predicted molar refractivity (Wildman–Crippen MR) is 162 cm³/mol. The van der Waals surface area contributed by atoms with Crippen molar-refractivity contribution in [2.45, 2.75) is 70.2 Å². The fraction of sp³-hybridized carbons (Fsp3) is 0.387. The quantitative estimate of drug-likeness (QED) is 0.160. The highest BCUT2D eigenvalue weighted by Gasteiger charge is 2.31. The number of aromatic nitrogens is 2. The van der Waals surface area contributed by atoms with Gasteiger partial charge in [0.05, 0.1) is 29.8 Å². The highest BCUT2D eigenvalue weighted by Crippen LogP contribution is 2.38. The van der Waals surface area contributed by atoms with Crippen molar-refractivity contribution in [3.8, 4) is 5.69 Å². The van der Waals surface area contributed by atoms with E-state index in [0.29, 0.717) is 35.7 Å². The van der Waals surface area contributed by atoms with Crippen molar-refractivity contribution in [1.82, 2.24) is 9.55 Å². The lowest BCUT2D eigenvalue weighted by molar-refractivity contribution is -0.117. The number of ether oxygens (including phenoxy) is 1. The summed E-state index contributed by atoms with van der Waals surface area (Å²) in [7, 11) is 0. The summed E-state index contributed by atoms with van der Waals surface area (Å²) < 4.78 is 7.70. The number of nitrogens with one attached hydrogen (secondary N) is 1. The number of unbranched alkanes of at least 4 members (excludes halogenated alkanes) is 1. The molecule has 2 aromatic heterocycles. The monoisotopic (exact) mass is 561 g/mol. The zero-order valence-electron chi connectivity index (χ0n) is 22.8. The van der Waals surface area contributed by atoms with Gasteiger partial charge in [0, 0.05) is 29.2 Å². The maximum atomic E-state index is 13.9. The smallest absolute Gasteiger partial charge is 0.267 e. The van der Waals surface area contributed by atoms with Crippen molar-refractivity contribution in [3.63, 3.8) is 0 Å². The Labute approximate surface area is 237 Å². The van der Waals surface area contributed by atoms with Crippen LogP contribution >= 0.6 is 23.1 Å². The second kappa shape index (κ2) is 12.1. The number of aryl methyl sites for hydroxylation is 1. The summed E-state index contributed by atoms with van der Waals surface area (Å²) in [6, 6.07) is 18.0. The van der Waals surface area contributed by atoms with E-state index in [4.69, 9.17) is 9.72 Å². The van der Waals surface area contributed by atoms with Crippen LogP contribution in [0, 0.1) is 0 Å². The molecule has 0 radical (unpaired) electrons. The van der Waals surface area contributed by atoms with Crippen molar-refractivity contribution in [3.05, 3.63) is 81.0 Å². The van der Waals surface area contributed by atoms with Gasteiger partial charge in [-0.15, -0.1) is 11.3 Å². The van der Waals surface area contributed by atoms with Gasteiger partial charge in [0.1, 0.15) is 4.83 Å². The molecule has 0 atom stereocenters. The van der Waals surface area contributed by atoms with E-state index < -0.39 is 0 Å². The van der Waals surface area contributed by atoms with E-state index >= 15 is 0 Å². The topological polar surface area (TPSA) is 73.2 Å². The molecular weight excluding hydrogens is 526 g/mol. The van der Waals surface area contributed by atoms with Crippen molar-refractivity contribution in [2.75, 3.05) is 17.6 Å². The van der Waals surface area contributed by atoms with E-state index in [0.717, 1.165) is 33.1 Å². The second-order valence-electron chi connectivity index (χ2n) is 10.6. The van der Waals surface area contributed by atoms with Gasteiger partial charge in [0.25, 0.3) is 5.56 Å². The van der Waals surface area contributed by atoms with Gasteiger partial charge in [-0.2, -0.15) is 0 Å². The SMILES string of the molecule is CCCCc1ccc(NCC(=O)CCSc2nc3sc4c(c3c(=O)n2-c2ccccc2)CC(C)(C)OC4)cc1. The summed E-state index contributed by atoms with van der Waals surface area (Å²) in [5, 5.41) is 4.55. The maximum Gasteiger partial charge on any atom is 0.267 e. The van der Waals surface area contributed by atoms with Crippen LogP contribution in [0.4, 0.5) is 5.69 Å². The molecule has 6 nitrogen and oxygen atoms in total. The van der Waals surface area contributed by atoms with Crippen LogP contribution in [-0.4, -0.2) is 33.2 Å². The van der Waals surface area contributed by atoms with Gasteiger partial charge >= 0.3 is 0 Å². The number of ketones is 1. The van der Waals surface area contributed by atoms with Crippen LogP contribution in [0.15, 0.2) is 64.5 Å². The van der Waals surface area contributed by atoms with E-state index in [2.05, 4.69) is 38.2 Å². The summed E-state index contributed by atoms with van der Waals surface area (Å²) in [6.45, 7) is 7.09. The molecule has 0 spiro atoms. The number of hydrogen-bond acceptors (Lipinski definition) is 7. The number of thioether (sulfide) groups is 1. The number of anilines is 1. The van der Waals surface area contributed by atoms with Crippen LogP contribution in [0.25, 0.3) is 15.9 Å². The maximum absolute atomic E-state index is 13.9. The third kappa shape index (κ3) is 6.45. The minimum atomic E-state index is -0.316. The minimum absolute atomic E-state index is 0.0562. The number of Topliss-reactive ketones (excluding diaryl/α,β-unsaturated/α-hetero) is 1. The largest absolute Gasteiger partial charge is 0.378 e. The third-order valence-corrected chi connectivity index (χ3v) is 9.00. The second-order valence-corrected chi connectivity index (χ2v) is 12.7. The van der Waals surface area contributed by atoms with E-state index in [1.54, 1.807) is 15.9 Å². The van der Waals surface area contributed by atoms with E-state index in [1.807, 2.05) is 42.5 Å².